The molecule has 3 aromatic carbocycles. The van der Waals surface area contributed by atoms with Crippen molar-refractivity contribution in [3.8, 4) is 11.1 Å². The molecular weight excluding hydrogens is 474 g/mol. The van der Waals surface area contributed by atoms with Crippen molar-refractivity contribution in [3.05, 3.63) is 94.0 Å². The third kappa shape index (κ3) is 8.17. The third-order valence-electron chi connectivity index (χ3n) is 6.35. The molecule has 4 rings (SSSR count). The van der Waals surface area contributed by atoms with Gasteiger partial charge in [0.15, 0.2) is 0 Å². The number of likely N-dealkylation sites (tertiary alicyclic amines) is 1. The number of halogens is 1. The van der Waals surface area contributed by atoms with E-state index in [1.54, 1.807) is 6.07 Å². The van der Waals surface area contributed by atoms with E-state index in [-0.39, 0.29) is 6.10 Å². The number of aliphatic hydroxyl groups is 1. The molecule has 2 N–H and O–H groups in total. The number of carboxylic acid groups (broad SMARTS) is 1. The van der Waals surface area contributed by atoms with Gasteiger partial charge in [-0.05, 0) is 92.7 Å². The zero-order valence-electron chi connectivity index (χ0n) is 21.3. The average Bonchev–Trinajstić information content (AvgIpc) is 3.35. The quantitative estimate of drug-likeness (QED) is 0.360. The van der Waals surface area contributed by atoms with Crippen LogP contribution >= 0.6 is 11.6 Å². The van der Waals surface area contributed by atoms with E-state index in [1.807, 2.05) is 81.4 Å². The summed E-state index contributed by atoms with van der Waals surface area (Å²) in [6, 6.07) is 21.1. The number of carboxylic acids is 1. The second-order valence-electron chi connectivity index (χ2n) is 9.36. The lowest BCUT2D eigenvalue weighted by atomic mass is 9.94. The van der Waals surface area contributed by atoms with Crippen molar-refractivity contribution in [2.75, 3.05) is 26.2 Å². The molecule has 192 valence electrons. The molecule has 1 saturated heterocycles. The Morgan fingerprint density at radius 2 is 1.75 bits per heavy atom. The van der Waals surface area contributed by atoms with Crippen LogP contribution in [0.1, 0.15) is 52.9 Å². The first kappa shape index (κ1) is 27.9. The summed E-state index contributed by atoms with van der Waals surface area (Å²) in [5.41, 5.74) is 5.26. The summed E-state index contributed by atoms with van der Waals surface area (Å²) in [6.45, 7) is 8.88. The Morgan fingerprint density at radius 3 is 2.36 bits per heavy atom. The average molecular weight is 510 g/mol. The Kier molecular flexibility index (Phi) is 10.5. The van der Waals surface area contributed by atoms with Gasteiger partial charge in [-0.15, -0.1) is 0 Å². The molecule has 5 nitrogen and oxygen atoms in total. The fourth-order valence-electron chi connectivity index (χ4n) is 4.45. The van der Waals surface area contributed by atoms with Crippen LogP contribution in [0.15, 0.2) is 66.7 Å². The van der Waals surface area contributed by atoms with E-state index in [2.05, 4.69) is 4.90 Å². The van der Waals surface area contributed by atoms with Crippen molar-refractivity contribution in [1.29, 1.82) is 0 Å². The number of benzene rings is 3. The largest absolute Gasteiger partial charge is 0.478 e. The van der Waals surface area contributed by atoms with E-state index in [0.717, 1.165) is 40.4 Å². The zero-order chi connectivity index (χ0) is 26.1. The van der Waals surface area contributed by atoms with Crippen molar-refractivity contribution in [2.24, 2.45) is 0 Å². The Morgan fingerprint density at radius 1 is 1.03 bits per heavy atom. The minimum Gasteiger partial charge on any atom is -0.478 e. The molecule has 2 atom stereocenters. The van der Waals surface area contributed by atoms with Crippen LogP contribution in [0.3, 0.4) is 0 Å². The van der Waals surface area contributed by atoms with Crippen molar-refractivity contribution in [3.63, 3.8) is 0 Å². The summed E-state index contributed by atoms with van der Waals surface area (Å²) < 4.78 is 5.98. The summed E-state index contributed by atoms with van der Waals surface area (Å²) in [5.74, 6) is -0.916. The van der Waals surface area contributed by atoms with Gasteiger partial charge in [0, 0.05) is 11.6 Å². The number of nitrogens with zero attached hydrogens (tertiary/aromatic N) is 1. The van der Waals surface area contributed by atoms with Crippen LogP contribution in [-0.2, 0) is 4.74 Å². The van der Waals surface area contributed by atoms with Crippen LogP contribution in [0.2, 0.25) is 5.02 Å². The Hall–Kier alpha value is -2.70. The van der Waals surface area contributed by atoms with Crippen molar-refractivity contribution in [1.82, 2.24) is 4.90 Å². The summed E-state index contributed by atoms with van der Waals surface area (Å²) in [7, 11) is 0. The lowest BCUT2D eigenvalue weighted by Gasteiger charge is -2.22. The maximum Gasteiger partial charge on any atom is 0.335 e. The van der Waals surface area contributed by atoms with E-state index in [4.69, 9.17) is 16.3 Å². The van der Waals surface area contributed by atoms with E-state index < -0.39 is 12.1 Å². The first-order valence-electron chi connectivity index (χ1n) is 12.4. The van der Waals surface area contributed by atoms with Crippen LogP contribution < -0.4 is 0 Å². The van der Waals surface area contributed by atoms with E-state index >= 15 is 0 Å². The number of ether oxygens (including phenoxy) is 1. The fourth-order valence-corrected chi connectivity index (χ4v) is 4.70. The van der Waals surface area contributed by atoms with Crippen molar-refractivity contribution < 1.29 is 19.7 Å². The normalized spacial score (nSPS) is 15.1. The van der Waals surface area contributed by atoms with Crippen LogP contribution in [0.5, 0.6) is 0 Å². The van der Waals surface area contributed by atoms with Gasteiger partial charge in [-0.1, -0.05) is 60.1 Å². The molecule has 1 aliphatic rings. The third-order valence-corrected chi connectivity index (χ3v) is 6.59. The molecule has 0 saturated carbocycles. The summed E-state index contributed by atoms with van der Waals surface area (Å²) in [5, 5.41) is 20.3. The molecular formula is C30H36ClNO4. The van der Waals surface area contributed by atoms with Gasteiger partial charge in [-0.2, -0.15) is 0 Å². The van der Waals surface area contributed by atoms with Gasteiger partial charge in [-0.25, -0.2) is 4.79 Å². The first-order valence-corrected chi connectivity index (χ1v) is 12.8. The number of aromatic carboxylic acids is 1. The van der Waals surface area contributed by atoms with Crippen molar-refractivity contribution in [2.45, 2.75) is 45.8 Å². The Labute approximate surface area is 219 Å². The number of aliphatic hydroxyl groups excluding tert-OH is 1. The standard InChI is InChI=1S/C23H29NO4.C7H7Cl/c1-16-13-18(9-10-20(16)23(26)27)22-8-4-3-7-21(22)17(2)28-15-19(25)14-24-11-5-6-12-24;1-6-3-2-4-7(8)5-6/h3-4,7-10,13,17,19,25H,5-6,11-12,14-15H2,1-2H3,(H,26,27);2-5H,1H3. The number of carbonyl (C=O) groups is 1. The number of β-amino-alcohol motifs (C(OH)–C–C–N with tert-alkyl or cyclic N) is 1. The van der Waals surface area contributed by atoms with E-state index in [9.17, 15) is 15.0 Å². The minimum absolute atomic E-state index is 0.177. The lowest BCUT2D eigenvalue weighted by Crippen LogP contribution is -2.33. The fraction of sp³-hybridized carbons (Fsp3) is 0.367. The van der Waals surface area contributed by atoms with Crippen LogP contribution in [-0.4, -0.2) is 53.4 Å². The first-order chi connectivity index (χ1) is 17.2. The SMILES string of the molecule is Cc1cc(-c2ccccc2C(C)OCC(O)CN2CCCC2)ccc1C(=O)O.Cc1cccc(Cl)c1. The molecule has 0 bridgehead atoms. The monoisotopic (exact) mass is 509 g/mol. The van der Waals surface area contributed by atoms with Gasteiger partial charge in [0.2, 0.25) is 0 Å². The predicted molar refractivity (Wildman–Crippen MR) is 146 cm³/mol. The molecule has 3 aromatic rings. The summed E-state index contributed by atoms with van der Waals surface area (Å²) in [6.07, 6.45) is 1.74. The maximum absolute atomic E-state index is 11.3. The highest BCUT2D eigenvalue weighted by molar-refractivity contribution is 6.30. The second kappa shape index (κ2) is 13.6. The molecule has 36 heavy (non-hydrogen) atoms. The van der Waals surface area contributed by atoms with Gasteiger partial charge in [0.1, 0.15) is 0 Å². The van der Waals surface area contributed by atoms with Crippen LogP contribution in [0, 0.1) is 13.8 Å². The molecule has 6 heteroatoms. The number of aryl methyl sites for hydroxylation is 2. The molecule has 1 heterocycles. The second-order valence-corrected chi connectivity index (χ2v) is 9.79. The minimum atomic E-state index is -0.916. The van der Waals surface area contributed by atoms with Crippen LogP contribution in [0.4, 0.5) is 0 Å². The Balaban J connectivity index is 0.000000383. The topological polar surface area (TPSA) is 70.0 Å². The van der Waals surface area contributed by atoms with Crippen molar-refractivity contribution >= 4 is 17.6 Å². The Bertz CT molecular complexity index is 1130. The maximum atomic E-state index is 11.3. The molecule has 0 amide bonds. The zero-order valence-corrected chi connectivity index (χ0v) is 22.0. The molecule has 0 radical (unpaired) electrons. The molecule has 1 fully saturated rings. The molecule has 2 unspecified atom stereocenters. The van der Waals surface area contributed by atoms with Gasteiger partial charge in [-0.3, -0.25) is 0 Å². The molecule has 0 aliphatic carbocycles. The number of rotatable bonds is 8. The highest BCUT2D eigenvalue weighted by atomic mass is 35.5. The van der Waals surface area contributed by atoms with Gasteiger partial charge >= 0.3 is 5.97 Å². The van der Waals surface area contributed by atoms with Gasteiger partial charge in [0.25, 0.3) is 0 Å². The highest BCUT2D eigenvalue weighted by Crippen LogP contribution is 2.31. The lowest BCUT2D eigenvalue weighted by molar-refractivity contribution is -0.0131. The van der Waals surface area contributed by atoms with E-state index in [1.165, 1.54) is 18.4 Å². The highest BCUT2D eigenvalue weighted by Gasteiger charge is 2.18. The van der Waals surface area contributed by atoms with E-state index in [0.29, 0.717) is 18.7 Å². The predicted octanol–water partition coefficient (Wildman–Crippen LogP) is 6.54. The van der Waals surface area contributed by atoms with Gasteiger partial charge in [0.05, 0.1) is 24.4 Å². The number of hydrogen-bond donors (Lipinski definition) is 2. The summed E-state index contributed by atoms with van der Waals surface area (Å²) in [4.78, 5) is 13.5. The smallest absolute Gasteiger partial charge is 0.335 e. The van der Waals surface area contributed by atoms with Gasteiger partial charge < -0.3 is 19.8 Å². The summed E-state index contributed by atoms with van der Waals surface area (Å²) >= 11 is 5.64. The number of hydrogen-bond acceptors (Lipinski definition) is 4. The van der Waals surface area contributed by atoms with Crippen LogP contribution in [0.25, 0.3) is 11.1 Å². The molecule has 1 aliphatic heterocycles. The molecule has 0 aromatic heterocycles. The molecule has 0 spiro atoms.